The van der Waals surface area contributed by atoms with Crippen LogP contribution in [-0.4, -0.2) is 47.4 Å². The summed E-state index contributed by atoms with van der Waals surface area (Å²) in [4.78, 5) is 14.7. The number of aliphatic hydroxyl groups excluding tert-OH is 1. The van der Waals surface area contributed by atoms with Gasteiger partial charge in [0.05, 0.1) is 11.4 Å². The lowest BCUT2D eigenvalue weighted by atomic mass is 9.63. The number of hydrogen-bond donors (Lipinski definition) is 2. The maximum atomic E-state index is 12.4. The number of nitrogens with one attached hydrogen (secondary N) is 1. The van der Waals surface area contributed by atoms with Gasteiger partial charge < -0.3 is 15.3 Å². The van der Waals surface area contributed by atoms with E-state index in [9.17, 15) is 9.90 Å². The molecule has 2 heterocycles. The lowest BCUT2D eigenvalue weighted by Crippen LogP contribution is -2.59. The van der Waals surface area contributed by atoms with E-state index in [4.69, 9.17) is 0 Å². The van der Waals surface area contributed by atoms with Crippen LogP contribution in [0.25, 0.3) is 0 Å². The summed E-state index contributed by atoms with van der Waals surface area (Å²) in [6, 6.07) is 9.43. The van der Waals surface area contributed by atoms with Crippen molar-refractivity contribution < 1.29 is 9.90 Å². The zero-order valence-corrected chi connectivity index (χ0v) is 17.2. The first-order valence-corrected chi connectivity index (χ1v) is 11.0. The molecule has 2 N–H and O–H groups in total. The number of rotatable bonds is 4. The van der Waals surface area contributed by atoms with Gasteiger partial charge in [-0.05, 0) is 55.8 Å². The standard InChI is InChI=1S/C22H30N2O2S/c1-4-17(24(2)3)13-5-7-14(8-6-13)19-18(25)10-9-16-20(19)15-11-12-27-21(15)22(26)23-16/h5-8,11-12,15-21,25H,4,9-10H2,1-3H3,(H,23,26). The van der Waals surface area contributed by atoms with Gasteiger partial charge in [0, 0.05) is 23.9 Å². The smallest absolute Gasteiger partial charge is 0.234 e. The zero-order chi connectivity index (χ0) is 19.1. The number of nitrogens with zero attached hydrogens (tertiary/aromatic N) is 1. The molecule has 0 bridgehead atoms. The first-order valence-electron chi connectivity index (χ1n) is 10.1. The van der Waals surface area contributed by atoms with Crippen molar-refractivity contribution in [3.8, 4) is 0 Å². The van der Waals surface area contributed by atoms with E-state index < -0.39 is 0 Å². The second kappa shape index (κ2) is 7.61. The van der Waals surface area contributed by atoms with Crippen molar-refractivity contribution in [2.45, 2.75) is 55.5 Å². The topological polar surface area (TPSA) is 52.6 Å². The number of aliphatic hydroxyl groups is 1. The summed E-state index contributed by atoms with van der Waals surface area (Å²) in [6.07, 6.45) is 4.54. The van der Waals surface area contributed by atoms with Crippen LogP contribution in [0.4, 0.5) is 0 Å². The Kier molecular flexibility index (Phi) is 5.36. The van der Waals surface area contributed by atoms with Crippen molar-refractivity contribution >= 4 is 17.7 Å². The summed E-state index contributed by atoms with van der Waals surface area (Å²) in [6.45, 7) is 2.21. The maximum Gasteiger partial charge on any atom is 0.234 e. The summed E-state index contributed by atoms with van der Waals surface area (Å²) in [7, 11) is 4.24. The minimum absolute atomic E-state index is 0.0310. The Bertz CT molecular complexity index is 718. The van der Waals surface area contributed by atoms with Crippen LogP contribution in [0.5, 0.6) is 0 Å². The van der Waals surface area contributed by atoms with Gasteiger partial charge in [-0.3, -0.25) is 4.79 Å². The van der Waals surface area contributed by atoms with E-state index in [2.05, 4.69) is 67.0 Å². The largest absolute Gasteiger partial charge is 0.392 e. The summed E-state index contributed by atoms with van der Waals surface area (Å²) >= 11 is 1.62. The third-order valence-electron chi connectivity index (χ3n) is 6.69. The van der Waals surface area contributed by atoms with Crippen molar-refractivity contribution in [3.63, 3.8) is 0 Å². The van der Waals surface area contributed by atoms with Crippen LogP contribution < -0.4 is 5.32 Å². The van der Waals surface area contributed by atoms with Gasteiger partial charge in [-0.1, -0.05) is 37.3 Å². The van der Waals surface area contributed by atoms with Crippen LogP contribution in [0.15, 0.2) is 35.7 Å². The van der Waals surface area contributed by atoms with E-state index in [0.29, 0.717) is 6.04 Å². The van der Waals surface area contributed by atoms with Gasteiger partial charge in [0.15, 0.2) is 0 Å². The highest BCUT2D eigenvalue weighted by Crippen LogP contribution is 2.50. The second-order valence-corrected chi connectivity index (χ2v) is 9.43. The monoisotopic (exact) mass is 386 g/mol. The third kappa shape index (κ3) is 3.34. The molecule has 2 fully saturated rings. The van der Waals surface area contributed by atoms with Crippen LogP contribution >= 0.6 is 11.8 Å². The molecule has 27 heavy (non-hydrogen) atoms. The van der Waals surface area contributed by atoms with Crippen LogP contribution in [0.2, 0.25) is 0 Å². The van der Waals surface area contributed by atoms with E-state index >= 15 is 0 Å². The molecule has 2 aliphatic heterocycles. The quantitative estimate of drug-likeness (QED) is 0.834. The molecule has 0 spiro atoms. The van der Waals surface area contributed by atoms with E-state index in [1.807, 2.05) is 0 Å². The van der Waals surface area contributed by atoms with E-state index in [-0.39, 0.29) is 41.1 Å². The molecule has 1 amide bonds. The Morgan fingerprint density at radius 2 is 2.00 bits per heavy atom. The molecule has 0 aromatic heterocycles. The average molecular weight is 387 g/mol. The van der Waals surface area contributed by atoms with Crippen molar-refractivity contribution in [2.75, 3.05) is 14.1 Å². The predicted octanol–water partition coefficient (Wildman–Crippen LogP) is 3.30. The summed E-state index contributed by atoms with van der Waals surface area (Å²) in [5.74, 6) is 0.732. The number of piperidine rings is 1. The van der Waals surface area contributed by atoms with E-state index in [1.54, 1.807) is 11.8 Å². The molecule has 4 nitrogen and oxygen atoms in total. The Labute approximate surface area is 166 Å². The molecule has 1 saturated heterocycles. The van der Waals surface area contributed by atoms with Crippen LogP contribution in [0.3, 0.4) is 0 Å². The lowest BCUT2D eigenvalue weighted by Gasteiger charge is -2.48. The fourth-order valence-electron chi connectivity index (χ4n) is 5.43. The van der Waals surface area contributed by atoms with Crippen molar-refractivity contribution in [2.24, 2.45) is 11.8 Å². The molecule has 7 atom stereocenters. The first-order chi connectivity index (χ1) is 13.0. The maximum absolute atomic E-state index is 12.4. The summed E-state index contributed by atoms with van der Waals surface area (Å²) in [5.41, 5.74) is 2.52. The van der Waals surface area contributed by atoms with Crippen LogP contribution in [0.1, 0.15) is 49.3 Å². The minimum Gasteiger partial charge on any atom is -0.392 e. The van der Waals surface area contributed by atoms with Crippen molar-refractivity contribution in [1.82, 2.24) is 10.2 Å². The highest BCUT2D eigenvalue weighted by molar-refractivity contribution is 8.03. The predicted molar refractivity (Wildman–Crippen MR) is 111 cm³/mol. The molecule has 1 aromatic rings. The van der Waals surface area contributed by atoms with Crippen molar-refractivity contribution in [3.05, 3.63) is 46.9 Å². The van der Waals surface area contributed by atoms with Crippen LogP contribution in [-0.2, 0) is 4.79 Å². The van der Waals surface area contributed by atoms with Crippen LogP contribution in [0, 0.1) is 11.8 Å². The third-order valence-corrected chi connectivity index (χ3v) is 7.83. The van der Waals surface area contributed by atoms with Gasteiger partial charge in [0.25, 0.3) is 0 Å². The normalized spacial score (nSPS) is 36.3. The minimum atomic E-state index is -0.345. The van der Waals surface area contributed by atoms with Gasteiger partial charge >= 0.3 is 0 Å². The van der Waals surface area contributed by atoms with E-state index in [0.717, 1.165) is 19.3 Å². The molecule has 5 heteroatoms. The SMILES string of the molecule is CCC(c1ccc(C2C(O)CCC3NC(=O)C4SC=CC4C32)cc1)N(C)C. The highest BCUT2D eigenvalue weighted by Gasteiger charge is 2.51. The number of hydrogen-bond acceptors (Lipinski definition) is 4. The fourth-order valence-corrected chi connectivity index (χ4v) is 6.52. The molecule has 146 valence electrons. The Balaban J connectivity index is 1.65. The van der Waals surface area contributed by atoms with Gasteiger partial charge in [-0.25, -0.2) is 0 Å². The number of amides is 1. The zero-order valence-electron chi connectivity index (χ0n) is 16.3. The van der Waals surface area contributed by atoms with Gasteiger partial charge in [-0.2, -0.15) is 0 Å². The fraction of sp³-hybridized carbons (Fsp3) is 0.591. The Morgan fingerprint density at radius 1 is 1.26 bits per heavy atom. The number of allylic oxidation sites excluding steroid dienone is 1. The van der Waals surface area contributed by atoms with Gasteiger partial charge in [0.2, 0.25) is 5.91 Å². The molecule has 1 aromatic carbocycles. The second-order valence-electron chi connectivity index (χ2n) is 8.38. The molecular weight excluding hydrogens is 356 g/mol. The molecule has 1 aliphatic carbocycles. The molecule has 3 aliphatic rings. The average Bonchev–Trinajstić information content (AvgIpc) is 3.14. The highest BCUT2D eigenvalue weighted by atomic mass is 32.2. The summed E-state index contributed by atoms with van der Waals surface area (Å²) < 4.78 is 0. The first kappa shape index (κ1) is 19.0. The van der Waals surface area contributed by atoms with Crippen molar-refractivity contribution in [1.29, 1.82) is 0 Å². The van der Waals surface area contributed by atoms with Gasteiger partial charge in [-0.15, -0.1) is 11.8 Å². The van der Waals surface area contributed by atoms with Gasteiger partial charge in [0.1, 0.15) is 0 Å². The number of carbonyl (C=O) groups is 1. The number of carbonyl (C=O) groups excluding carboxylic acids is 1. The summed E-state index contributed by atoms with van der Waals surface area (Å²) in [5, 5.41) is 16.2. The number of benzene rings is 1. The molecule has 4 rings (SSSR count). The number of fused-ring (bicyclic) bond motifs is 3. The molecule has 7 unspecified atom stereocenters. The Hall–Kier alpha value is -1.30. The Morgan fingerprint density at radius 3 is 2.67 bits per heavy atom. The molecular formula is C22H30N2O2S. The molecule has 1 saturated carbocycles. The van der Waals surface area contributed by atoms with E-state index in [1.165, 1.54) is 11.1 Å². The lowest BCUT2D eigenvalue weighted by molar-refractivity contribution is -0.126. The number of thioether (sulfide) groups is 1. The molecule has 0 radical (unpaired) electrons.